The molecule has 2 aromatic carbocycles. The van der Waals surface area contributed by atoms with Gasteiger partial charge in [-0.2, -0.15) is 0 Å². The number of nitrogens with zero attached hydrogens (tertiary/aromatic N) is 1. The fourth-order valence-electron chi connectivity index (χ4n) is 2.18. The average molecular weight is 405 g/mol. The molecule has 0 saturated carbocycles. The summed E-state index contributed by atoms with van der Waals surface area (Å²) in [4.78, 5) is 17.0. The lowest BCUT2D eigenvalue weighted by Crippen LogP contribution is -2.07. The zero-order valence-electron chi connectivity index (χ0n) is 11.0. The number of carbonyl (C=O) groups is 1. The first-order valence-corrected chi connectivity index (χ1v) is 8.05. The third-order valence-corrected chi connectivity index (χ3v) is 4.63. The van der Waals surface area contributed by atoms with E-state index in [2.05, 4.69) is 36.8 Å². The van der Waals surface area contributed by atoms with Crippen LogP contribution in [0.1, 0.15) is 16.1 Å². The van der Waals surface area contributed by atoms with Crippen molar-refractivity contribution in [3.63, 3.8) is 0 Å². The minimum Gasteiger partial charge on any atom is -0.292 e. The highest BCUT2D eigenvalue weighted by Crippen LogP contribution is 2.24. The van der Waals surface area contributed by atoms with E-state index in [1.165, 1.54) is 0 Å². The van der Waals surface area contributed by atoms with E-state index < -0.39 is 0 Å². The molecule has 4 heteroatoms. The number of fused-ring (bicyclic) bond motifs is 1. The fourth-order valence-corrected chi connectivity index (χ4v) is 3.17. The van der Waals surface area contributed by atoms with E-state index in [0.29, 0.717) is 12.1 Å². The summed E-state index contributed by atoms with van der Waals surface area (Å²) in [6, 6.07) is 17.5. The van der Waals surface area contributed by atoms with Crippen LogP contribution in [-0.4, -0.2) is 10.8 Å². The zero-order chi connectivity index (χ0) is 14.8. The molecular weight excluding hydrogens is 394 g/mol. The van der Waals surface area contributed by atoms with Gasteiger partial charge in [-0.15, -0.1) is 0 Å². The number of carbonyl (C=O) groups excluding carboxylic acids is 1. The summed E-state index contributed by atoms with van der Waals surface area (Å²) in [5.41, 5.74) is 2.27. The van der Waals surface area contributed by atoms with Crippen molar-refractivity contribution < 1.29 is 4.79 Å². The second kappa shape index (κ2) is 6.08. The van der Waals surface area contributed by atoms with E-state index in [0.717, 1.165) is 25.4 Å². The SMILES string of the molecule is O=C(Cc1ccccc1Br)c1nc2ccccc2cc1Br. The molecule has 2 nitrogen and oxygen atoms in total. The second-order valence-electron chi connectivity index (χ2n) is 4.70. The maximum absolute atomic E-state index is 12.5. The van der Waals surface area contributed by atoms with Gasteiger partial charge in [-0.1, -0.05) is 52.3 Å². The summed E-state index contributed by atoms with van der Waals surface area (Å²) in [6.45, 7) is 0. The van der Waals surface area contributed by atoms with Crippen LogP contribution in [0.15, 0.2) is 63.5 Å². The fraction of sp³-hybridized carbons (Fsp3) is 0.0588. The minimum absolute atomic E-state index is 0.000437. The first-order chi connectivity index (χ1) is 10.1. The number of rotatable bonds is 3. The van der Waals surface area contributed by atoms with Crippen molar-refractivity contribution in [1.29, 1.82) is 0 Å². The van der Waals surface area contributed by atoms with E-state index in [1.54, 1.807) is 0 Å². The molecule has 0 spiro atoms. The third-order valence-electron chi connectivity index (χ3n) is 3.25. The highest BCUT2D eigenvalue weighted by molar-refractivity contribution is 9.10. The lowest BCUT2D eigenvalue weighted by Gasteiger charge is -2.07. The first kappa shape index (κ1) is 14.4. The van der Waals surface area contributed by atoms with Crippen LogP contribution in [0.5, 0.6) is 0 Å². The number of hydrogen-bond acceptors (Lipinski definition) is 2. The highest BCUT2D eigenvalue weighted by Gasteiger charge is 2.15. The molecule has 1 aromatic heterocycles. The molecule has 0 saturated heterocycles. The number of hydrogen-bond donors (Lipinski definition) is 0. The number of aromatic nitrogens is 1. The van der Waals surface area contributed by atoms with Gasteiger partial charge in [0, 0.05) is 20.8 Å². The van der Waals surface area contributed by atoms with Crippen LogP contribution in [0.2, 0.25) is 0 Å². The summed E-state index contributed by atoms with van der Waals surface area (Å²) in [6.07, 6.45) is 0.325. The van der Waals surface area contributed by atoms with Gasteiger partial charge in [0.1, 0.15) is 5.69 Å². The normalized spacial score (nSPS) is 10.8. The molecule has 0 unspecified atom stereocenters. The number of pyridine rings is 1. The summed E-state index contributed by atoms with van der Waals surface area (Å²) in [5.74, 6) is -0.000437. The molecule has 0 aliphatic heterocycles. The molecule has 0 amide bonds. The quantitative estimate of drug-likeness (QED) is 0.562. The van der Waals surface area contributed by atoms with Gasteiger partial charge >= 0.3 is 0 Å². The second-order valence-corrected chi connectivity index (χ2v) is 6.41. The number of benzene rings is 2. The van der Waals surface area contributed by atoms with Crippen molar-refractivity contribution in [1.82, 2.24) is 4.98 Å². The highest BCUT2D eigenvalue weighted by atomic mass is 79.9. The van der Waals surface area contributed by atoms with Crippen LogP contribution in [0.25, 0.3) is 10.9 Å². The van der Waals surface area contributed by atoms with Gasteiger partial charge in [0.15, 0.2) is 5.78 Å². The predicted octanol–water partition coefficient (Wildman–Crippen LogP) is 5.19. The van der Waals surface area contributed by atoms with E-state index in [-0.39, 0.29) is 5.78 Å². The van der Waals surface area contributed by atoms with Crippen molar-refractivity contribution >= 4 is 48.5 Å². The van der Waals surface area contributed by atoms with E-state index >= 15 is 0 Å². The molecule has 0 aliphatic rings. The van der Waals surface area contributed by atoms with Gasteiger partial charge in [0.25, 0.3) is 0 Å². The standard InChI is InChI=1S/C17H11Br2NO/c18-13-7-3-1-5-11(13)10-16(21)17-14(19)9-12-6-2-4-8-15(12)20-17/h1-9H,10H2. The molecule has 0 N–H and O–H groups in total. The molecule has 0 aliphatic carbocycles. The molecule has 3 aromatic rings. The molecule has 0 radical (unpaired) electrons. The maximum atomic E-state index is 12.5. The van der Waals surface area contributed by atoms with Crippen LogP contribution in [0.4, 0.5) is 0 Å². The smallest absolute Gasteiger partial charge is 0.186 e. The molecule has 0 atom stereocenters. The van der Waals surface area contributed by atoms with Crippen molar-refractivity contribution in [2.24, 2.45) is 0 Å². The van der Waals surface area contributed by atoms with E-state index in [9.17, 15) is 4.79 Å². The number of ketones is 1. The van der Waals surface area contributed by atoms with Gasteiger partial charge in [0.2, 0.25) is 0 Å². The van der Waals surface area contributed by atoms with Crippen LogP contribution in [0, 0.1) is 0 Å². The Balaban J connectivity index is 1.98. The van der Waals surface area contributed by atoms with Crippen molar-refractivity contribution in [2.75, 3.05) is 0 Å². The van der Waals surface area contributed by atoms with Crippen LogP contribution < -0.4 is 0 Å². The van der Waals surface area contributed by atoms with Crippen LogP contribution >= 0.6 is 31.9 Å². The first-order valence-electron chi connectivity index (χ1n) is 6.47. The Hall–Kier alpha value is -1.52. The van der Waals surface area contributed by atoms with Crippen molar-refractivity contribution in [2.45, 2.75) is 6.42 Å². The Morgan fingerprint density at radius 1 is 0.952 bits per heavy atom. The Bertz CT molecular complexity index is 830. The Kier molecular flexibility index (Phi) is 4.17. The molecule has 0 bridgehead atoms. The zero-order valence-corrected chi connectivity index (χ0v) is 14.2. The van der Waals surface area contributed by atoms with Gasteiger partial charge < -0.3 is 0 Å². The van der Waals surface area contributed by atoms with Crippen molar-refractivity contribution in [3.8, 4) is 0 Å². The number of halogens is 2. The van der Waals surface area contributed by atoms with E-state index in [4.69, 9.17) is 0 Å². The predicted molar refractivity (Wildman–Crippen MR) is 91.6 cm³/mol. The van der Waals surface area contributed by atoms with Gasteiger partial charge in [-0.3, -0.25) is 4.79 Å². The van der Waals surface area contributed by atoms with Crippen LogP contribution in [-0.2, 0) is 6.42 Å². The Labute approximate surface area is 139 Å². The summed E-state index contributed by atoms with van der Waals surface area (Å²) < 4.78 is 1.67. The topological polar surface area (TPSA) is 30.0 Å². The van der Waals surface area contributed by atoms with Crippen LogP contribution in [0.3, 0.4) is 0 Å². The van der Waals surface area contributed by atoms with Gasteiger partial charge in [0.05, 0.1) is 5.52 Å². The molecule has 0 fully saturated rings. The maximum Gasteiger partial charge on any atom is 0.186 e. The van der Waals surface area contributed by atoms with Gasteiger partial charge in [-0.05, 0) is 39.7 Å². The molecule has 104 valence electrons. The average Bonchev–Trinajstić information content (AvgIpc) is 2.49. The molecule has 3 rings (SSSR count). The lowest BCUT2D eigenvalue weighted by molar-refractivity contribution is 0.0987. The lowest BCUT2D eigenvalue weighted by atomic mass is 10.1. The molecule has 21 heavy (non-hydrogen) atoms. The largest absolute Gasteiger partial charge is 0.292 e. The van der Waals surface area contributed by atoms with Crippen molar-refractivity contribution in [3.05, 3.63) is 74.8 Å². The van der Waals surface area contributed by atoms with Gasteiger partial charge in [-0.25, -0.2) is 4.98 Å². The monoisotopic (exact) mass is 403 g/mol. The minimum atomic E-state index is -0.000437. The Morgan fingerprint density at radius 2 is 1.67 bits per heavy atom. The molecular formula is C17H11Br2NO. The number of para-hydroxylation sites is 1. The Morgan fingerprint density at radius 3 is 2.48 bits per heavy atom. The third kappa shape index (κ3) is 3.06. The molecule has 1 heterocycles. The summed E-state index contributed by atoms with van der Waals surface area (Å²) in [5, 5.41) is 1.02. The summed E-state index contributed by atoms with van der Waals surface area (Å²) >= 11 is 6.93. The number of Topliss-reactive ketones (excluding diaryl/α,β-unsaturated/α-hetero) is 1. The summed E-state index contributed by atoms with van der Waals surface area (Å²) in [7, 11) is 0. The van der Waals surface area contributed by atoms with E-state index in [1.807, 2.05) is 54.6 Å².